The zero-order chi connectivity index (χ0) is 11.9. The molecule has 16 heavy (non-hydrogen) atoms. The third kappa shape index (κ3) is 1.91. The summed E-state index contributed by atoms with van der Waals surface area (Å²) < 4.78 is 1.38. The zero-order valence-electron chi connectivity index (χ0n) is 9.52. The number of fused-ring (bicyclic) bond motifs is 1. The van der Waals surface area contributed by atoms with Crippen LogP contribution in [0.5, 0.6) is 0 Å². The van der Waals surface area contributed by atoms with Gasteiger partial charge in [0.15, 0.2) is 0 Å². The fraction of sp³-hybridized carbons (Fsp3) is 0.333. The van der Waals surface area contributed by atoms with Crippen molar-refractivity contribution in [2.75, 3.05) is 0 Å². The van der Waals surface area contributed by atoms with Crippen LogP contribution < -0.4 is 5.56 Å². The van der Waals surface area contributed by atoms with Gasteiger partial charge in [-0.05, 0) is 0 Å². The van der Waals surface area contributed by atoms with Crippen molar-refractivity contribution in [3.8, 4) is 0 Å². The molecule has 0 saturated carbocycles. The first-order valence-corrected chi connectivity index (χ1v) is 5.85. The molecule has 2 rings (SSSR count). The summed E-state index contributed by atoms with van der Waals surface area (Å²) in [5.74, 6) is 0. The Hall–Kier alpha value is -1.12. The van der Waals surface area contributed by atoms with E-state index in [2.05, 4.69) is 42.0 Å². The molecule has 1 radical (unpaired) electrons. The van der Waals surface area contributed by atoms with Gasteiger partial charge in [-0.15, -0.1) is 0 Å². The topological polar surface area (TPSA) is 34.9 Å². The van der Waals surface area contributed by atoms with E-state index in [9.17, 15) is 4.79 Å². The summed E-state index contributed by atoms with van der Waals surface area (Å²) >= 11 is 2.66. The van der Waals surface area contributed by atoms with Crippen LogP contribution in [0.3, 0.4) is 0 Å². The minimum atomic E-state index is -0.0453. The van der Waals surface area contributed by atoms with Crippen molar-refractivity contribution in [1.82, 2.24) is 8.57 Å². The van der Waals surface area contributed by atoms with Gasteiger partial charge >= 0.3 is 102 Å². The number of benzene rings is 1. The number of rotatable bonds is 0. The molecule has 83 valence electrons. The van der Waals surface area contributed by atoms with E-state index in [1.165, 1.54) is 9.91 Å². The van der Waals surface area contributed by atoms with Gasteiger partial charge in [0.25, 0.3) is 0 Å². The Balaban J connectivity index is 2.79. The Bertz CT molecular complexity index is 596. The standard InChI is InChI=1S/C12H13N2OSe/c1-12(2,3)8-4-5-10-9(6-8)11(15)14(16)7-13-10/h4-7H,1-3H3. The first-order valence-electron chi connectivity index (χ1n) is 5.09. The van der Waals surface area contributed by atoms with Gasteiger partial charge < -0.3 is 0 Å². The van der Waals surface area contributed by atoms with Crippen LogP contribution in [0.1, 0.15) is 26.3 Å². The van der Waals surface area contributed by atoms with Crippen LogP contribution >= 0.6 is 0 Å². The van der Waals surface area contributed by atoms with Crippen LogP contribution in [0.4, 0.5) is 0 Å². The summed E-state index contributed by atoms with van der Waals surface area (Å²) in [6.45, 7) is 6.38. The fourth-order valence-electron chi connectivity index (χ4n) is 1.57. The third-order valence-electron chi connectivity index (χ3n) is 2.59. The van der Waals surface area contributed by atoms with E-state index in [1.807, 2.05) is 18.2 Å². The second-order valence-electron chi connectivity index (χ2n) is 4.86. The molecular formula is C12H13N2OSe. The van der Waals surface area contributed by atoms with E-state index in [-0.39, 0.29) is 11.0 Å². The molecule has 0 aliphatic heterocycles. The molecule has 0 atom stereocenters. The Labute approximate surface area is 103 Å². The average molecular weight is 280 g/mol. The molecule has 3 nitrogen and oxygen atoms in total. The van der Waals surface area contributed by atoms with Crippen molar-refractivity contribution in [1.29, 1.82) is 0 Å². The molecule has 0 unspecified atom stereocenters. The van der Waals surface area contributed by atoms with Crippen molar-refractivity contribution < 1.29 is 0 Å². The van der Waals surface area contributed by atoms with Crippen molar-refractivity contribution in [2.45, 2.75) is 26.2 Å². The number of aromatic nitrogens is 2. The maximum absolute atomic E-state index is 11.9. The SMILES string of the molecule is CC(C)(C)c1ccc2ncn([Se])c(=O)c2c1. The predicted octanol–water partition coefficient (Wildman–Crippen LogP) is 1.63. The molecule has 0 spiro atoms. The van der Waals surface area contributed by atoms with Crippen molar-refractivity contribution >= 4 is 27.1 Å². The summed E-state index contributed by atoms with van der Waals surface area (Å²) in [7, 11) is 0. The summed E-state index contributed by atoms with van der Waals surface area (Å²) in [5, 5.41) is 0.661. The summed E-state index contributed by atoms with van der Waals surface area (Å²) in [5.41, 5.74) is 1.88. The molecule has 1 aromatic carbocycles. The molecule has 1 aromatic heterocycles. The Morgan fingerprint density at radius 2 is 2.00 bits per heavy atom. The molecule has 0 fully saturated rings. The van der Waals surface area contributed by atoms with Crippen LogP contribution in [0.25, 0.3) is 10.9 Å². The van der Waals surface area contributed by atoms with Gasteiger partial charge in [-0.25, -0.2) is 0 Å². The van der Waals surface area contributed by atoms with Crippen LogP contribution in [0.15, 0.2) is 29.3 Å². The van der Waals surface area contributed by atoms with Crippen molar-refractivity contribution in [2.24, 2.45) is 0 Å². The monoisotopic (exact) mass is 281 g/mol. The van der Waals surface area contributed by atoms with Crippen LogP contribution in [-0.4, -0.2) is 24.8 Å². The van der Waals surface area contributed by atoms with E-state index in [0.29, 0.717) is 5.39 Å². The molecular weight excluding hydrogens is 267 g/mol. The second-order valence-corrected chi connectivity index (χ2v) is 5.68. The Kier molecular flexibility index (Phi) is 2.64. The molecule has 2 aromatic rings. The van der Waals surface area contributed by atoms with Crippen LogP contribution in [-0.2, 0) is 5.41 Å². The summed E-state index contributed by atoms with van der Waals surface area (Å²) in [6.07, 6.45) is 1.50. The van der Waals surface area contributed by atoms with Crippen LogP contribution in [0, 0.1) is 0 Å². The zero-order valence-corrected chi connectivity index (χ0v) is 11.2. The molecule has 0 aliphatic rings. The van der Waals surface area contributed by atoms with E-state index in [0.717, 1.165) is 11.1 Å². The van der Waals surface area contributed by atoms with Gasteiger partial charge in [-0.1, -0.05) is 0 Å². The van der Waals surface area contributed by atoms with Gasteiger partial charge in [0.2, 0.25) is 0 Å². The molecule has 1 heterocycles. The van der Waals surface area contributed by atoms with Crippen molar-refractivity contribution in [3.05, 3.63) is 40.4 Å². The van der Waals surface area contributed by atoms with Crippen molar-refractivity contribution in [3.63, 3.8) is 0 Å². The van der Waals surface area contributed by atoms with E-state index >= 15 is 0 Å². The quantitative estimate of drug-likeness (QED) is 0.687. The van der Waals surface area contributed by atoms with Gasteiger partial charge in [0, 0.05) is 0 Å². The van der Waals surface area contributed by atoms with Gasteiger partial charge in [0.1, 0.15) is 0 Å². The Morgan fingerprint density at radius 1 is 1.31 bits per heavy atom. The minimum absolute atomic E-state index is 0.0404. The maximum atomic E-state index is 11.9. The number of nitrogens with zero attached hydrogens (tertiary/aromatic N) is 2. The number of hydrogen-bond acceptors (Lipinski definition) is 2. The molecule has 0 saturated heterocycles. The molecule has 0 aliphatic carbocycles. The second kappa shape index (κ2) is 3.72. The molecule has 0 bridgehead atoms. The van der Waals surface area contributed by atoms with E-state index in [1.54, 1.807) is 0 Å². The summed E-state index contributed by atoms with van der Waals surface area (Å²) in [4.78, 5) is 16.1. The molecule has 0 amide bonds. The van der Waals surface area contributed by atoms with Gasteiger partial charge in [-0.3, -0.25) is 0 Å². The first-order chi connectivity index (χ1) is 7.39. The summed E-state index contributed by atoms with van der Waals surface area (Å²) in [6, 6.07) is 5.86. The van der Waals surface area contributed by atoms with Crippen LogP contribution in [0.2, 0.25) is 0 Å². The predicted molar refractivity (Wildman–Crippen MR) is 65.9 cm³/mol. The third-order valence-corrected chi connectivity index (χ3v) is 3.14. The van der Waals surface area contributed by atoms with E-state index < -0.39 is 0 Å². The van der Waals surface area contributed by atoms with E-state index in [4.69, 9.17) is 0 Å². The molecule has 0 N–H and O–H groups in total. The fourth-order valence-corrected chi connectivity index (χ4v) is 1.88. The van der Waals surface area contributed by atoms with Gasteiger partial charge in [-0.2, -0.15) is 0 Å². The molecule has 4 heteroatoms. The number of hydrogen-bond donors (Lipinski definition) is 0. The van der Waals surface area contributed by atoms with Gasteiger partial charge in [0.05, 0.1) is 0 Å². The average Bonchev–Trinajstić information content (AvgIpc) is 2.22. The first kappa shape index (κ1) is 11.4. The Morgan fingerprint density at radius 3 is 2.62 bits per heavy atom. The normalized spacial score (nSPS) is 11.9.